The first kappa shape index (κ1) is 20.8. The molecule has 0 saturated carbocycles. The standard InChI is InChI=1S/C18H20F2N2O4S/c1-18(2,3)22-27(24,25)15-9-5-7-13(11-15)21-16(23)12-6-4-8-14(10-12)26-17(19)20/h4-11,17,22H,1-3H3,(H,21,23). The first-order valence-electron chi connectivity index (χ1n) is 7.96. The van der Waals surface area contributed by atoms with E-state index >= 15 is 0 Å². The van der Waals surface area contributed by atoms with Gasteiger partial charge in [-0.2, -0.15) is 8.78 Å². The van der Waals surface area contributed by atoms with Crippen LogP contribution in [-0.2, 0) is 10.0 Å². The average Bonchev–Trinajstić information content (AvgIpc) is 2.52. The van der Waals surface area contributed by atoms with Crippen molar-refractivity contribution in [2.75, 3.05) is 5.32 Å². The SMILES string of the molecule is CC(C)(C)NS(=O)(=O)c1cccc(NC(=O)c2cccc(OC(F)F)c2)c1. The zero-order valence-electron chi connectivity index (χ0n) is 15.0. The summed E-state index contributed by atoms with van der Waals surface area (Å²) in [5.74, 6) is -0.739. The lowest BCUT2D eigenvalue weighted by Crippen LogP contribution is -2.40. The predicted octanol–water partition coefficient (Wildman–Crippen LogP) is 3.62. The molecule has 0 aliphatic heterocycles. The van der Waals surface area contributed by atoms with Crippen molar-refractivity contribution >= 4 is 21.6 Å². The molecule has 6 nitrogen and oxygen atoms in total. The van der Waals surface area contributed by atoms with Crippen LogP contribution in [0, 0.1) is 0 Å². The van der Waals surface area contributed by atoms with Crippen molar-refractivity contribution in [2.24, 2.45) is 0 Å². The lowest BCUT2D eigenvalue weighted by atomic mass is 10.1. The molecular weight excluding hydrogens is 378 g/mol. The number of nitrogens with one attached hydrogen (secondary N) is 2. The van der Waals surface area contributed by atoms with E-state index in [0.29, 0.717) is 0 Å². The number of carbonyl (C=O) groups excluding carboxylic acids is 1. The summed E-state index contributed by atoms with van der Waals surface area (Å²) in [6, 6.07) is 11.0. The van der Waals surface area contributed by atoms with Gasteiger partial charge in [0.1, 0.15) is 5.75 Å². The van der Waals surface area contributed by atoms with Gasteiger partial charge in [-0.3, -0.25) is 4.79 Å². The summed E-state index contributed by atoms with van der Waals surface area (Å²) in [6.07, 6.45) is 0. The molecule has 0 spiro atoms. The molecule has 0 aliphatic carbocycles. The second kappa shape index (κ2) is 8.01. The molecule has 0 saturated heterocycles. The molecule has 0 heterocycles. The van der Waals surface area contributed by atoms with E-state index in [1.54, 1.807) is 20.8 Å². The smallest absolute Gasteiger partial charge is 0.387 e. The Labute approximate surface area is 156 Å². The maximum atomic E-state index is 12.4. The highest BCUT2D eigenvalue weighted by Gasteiger charge is 2.22. The minimum absolute atomic E-state index is 0.00925. The first-order valence-corrected chi connectivity index (χ1v) is 9.45. The van der Waals surface area contributed by atoms with Gasteiger partial charge in [0.2, 0.25) is 10.0 Å². The lowest BCUT2D eigenvalue weighted by molar-refractivity contribution is -0.0498. The third-order valence-electron chi connectivity index (χ3n) is 3.16. The van der Waals surface area contributed by atoms with E-state index in [1.165, 1.54) is 48.5 Å². The lowest BCUT2D eigenvalue weighted by Gasteiger charge is -2.20. The van der Waals surface area contributed by atoms with Crippen LogP contribution < -0.4 is 14.8 Å². The fraction of sp³-hybridized carbons (Fsp3) is 0.278. The van der Waals surface area contributed by atoms with Crippen LogP contribution in [0.4, 0.5) is 14.5 Å². The van der Waals surface area contributed by atoms with Gasteiger partial charge in [-0.25, -0.2) is 13.1 Å². The summed E-state index contributed by atoms with van der Waals surface area (Å²) in [5.41, 5.74) is -0.324. The van der Waals surface area contributed by atoms with Crippen LogP contribution in [0.15, 0.2) is 53.4 Å². The second-order valence-corrected chi connectivity index (χ2v) is 8.43. The highest BCUT2D eigenvalue weighted by atomic mass is 32.2. The number of hydrogen-bond donors (Lipinski definition) is 2. The molecule has 0 radical (unpaired) electrons. The van der Waals surface area contributed by atoms with Gasteiger partial charge < -0.3 is 10.1 Å². The van der Waals surface area contributed by atoms with Crippen LogP contribution in [0.2, 0.25) is 0 Å². The van der Waals surface area contributed by atoms with E-state index in [9.17, 15) is 22.0 Å². The number of hydrogen-bond acceptors (Lipinski definition) is 4. The Balaban J connectivity index is 2.20. The molecule has 2 rings (SSSR count). The fourth-order valence-corrected chi connectivity index (χ4v) is 3.68. The summed E-state index contributed by atoms with van der Waals surface area (Å²) in [7, 11) is -3.77. The number of anilines is 1. The number of amides is 1. The zero-order valence-corrected chi connectivity index (χ0v) is 15.8. The third kappa shape index (κ3) is 6.30. The Morgan fingerprint density at radius 2 is 1.74 bits per heavy atom. The van der Waals surface area contributed by atoms with Crippen molar-refractivity contribution < 1.29 is 26.7 Å². The van der Waals surface area contributed by atoms with Crippen molar-refractivity contribution in [1.82, 2.24) is 4.72 Å². The molecule has 1 amide bonds. The van der Waals surface area contributed by atoms with E-state index in [1.807, 2.05) is 0 Å². The third-order valence-corrected chi connectivity index (χ3v) is 4.92. The van der Waals surface area contributed by atoms with E-state index in [2.05, 4.69) is 14.8 Å². The minimum Gasteiger partial charge on any atom is -0.435 e. The molecular formula is C18H20F2N2O4S. The molecule has 2 N–H and O–H groups in total. The van der Waals surface area contributed by atoms with Crippen LogP contribution >= 0.6 is 0 Å². The number of halogens is 2. The summed E-state index contributed by atoms with van der Waals surface area (Å²) in [5, 5.41) is 2.54. The number of ether oxygens (including phenoxy) is 1. The van der Waals surface area contributed by atoms with Crippen LogP contribution in [0.1, 0.15) is 31.1 Å². The van der Waals surface area contributed by atoms with Crippen molar-refractivity contribution in [1.29, 1.82) is 0 Å². The van der Waals surface area contributed by atoms with Crippen molar-refractivity contribution in [3.05, 3.63) is 54.1 Å². The molecule has 0 bridgehead atoms. The first-order chi connectivity index (χ1) is 12.5. The van der Waals surface area contributed by atoms with E-state index < -0.39 is 28.1 Å². The van der Waals surface area contributed by atoms with Gasteiger partial charge >= 0.3 is 6.61 Å². The number of rotatable bonds is 6. The number of benzene rings is 2. The average molecular weight is 398 g/mol. The van der Waals surface area contributed by atoms with Crippen LogP contribution in [0.25, 0.3) is 0 Å². The Hall–Kier alpha value is -2.52. The summed E-state index contributed by atoms with van der Waals surface area (Å²) in [6.45, 7) is 2.14. The van der Waals surface area contributed by atoms with Gasteiger partial charge in [-0.05, 0) is 57.2 Å². The van der Waals surface area contributed by atoms with Gasteiger partial charge in [0, 0.05) is 16.8 Å². The Morgan fingerprint density at radius 3 is 2.37 bits per heavy atom. The molecule has 2 aromatic rings. The Bertz CT molecular complexity index is 925. The maximum Gasteiger partial charge on any atom is 0.387 e. The number of carbonyl (C=O) groups is 1. The largest absolute Gasteiger partial charge is 0.435 e. The highest BCUT2D eigenvalue weighted by molar-refractivity contribution is 7.89. The van der Waals surface area contributed by atoms with Crippen molar-refractivity contribution in [3.8, 4) is 5.75 Å². The van der Waals surface area contributed by atoms with E-state index in [0.717, 1.165) is 0 Å². The minimum atomic E-state index is -3.77. The van der Waals surface area contributed by atoms with Crippen LogP contribution in [-0.4, -0.2) is 26.5 Å². The monoisotopic (exact) mass is 398 g/mol. The van der Waals surface area contributed by atoms with Gasteiger partial charge in [-0.1, -0.05) is 12.1 Å². The molecule has 0 unspecified atom stereocenters. The summed E-state index contributed by atoms with van der Waals surface area (Å²) < 4.78 is 56.1. The quantitative estimate of drug-likeness (QED) is 0.778. The fourth-order valence-electron chi connectivity index (χ4n) is 2.22. The maximum absolute atomic E-state index is 12.4. The topological polar surface area (TPSA) is 84.5 Å². The number of alkyl halides is 2. The van der Waals surface area contributed by atoms with Crippen molar-refractivity contribution in [3.63, 3.8) is 0 Å². The normalized spacial score (nSPS) is 12.1. The Morgan fingerprint density at radius 1 is 1.07 bits per heavy atom. The molecule has 0 fully saturated rings. The zero-order chi connectivity index (χ0) is 20.2. The van der Waals surface area contributed by atoms with Crippen molar-refractivity contribution in [2.45, 2.75) is 37.8 Å². The van der Waals surface area contributed by atoms with E-state index in [4.69, 9.17) is 0 Å². The van der Waals surface area contributed by atoms with Gasteiger partial charge in [-0.15, -0.1) is 0 Å². The van der Waals surface area contributed by atoms with Gasteiger partial charge in [0.15, 0.2) is 0 Å². The molecule has 27 heavy (non-hydrogen) atoms. The van der Waals surface area contributed by atoms with Gasteiger partial charge in [0.05, 0.1) is 4.90 Å². The molecule has 2 aromatic carbocycles. The van der Waals surface area contributed by atoms with Crippen LogP contribution in [0.3, 0.4) is 0 Å². The van der Waals surface area contributed by atoms with E-state index in [-0.39, 0.29) is 21.9 Å². The Kier molecular flexibility index (Phi) is 6.17. The molecule has 9 heteroatoms. The summed E-state index contributed by atoms with van der Waals surface area (Å²) in [4.78, 5) is 12.3. The number of sulfonamides is 1. The molecule has 0 aromatic heterocycles. The van der Waals surface area contributed by atoms with Crippen LogP contribution in [0.5, 0.6) is 5.75 Å². The highest BCUT2D eigenvalue weighted by Crippen LogP contribution is 2.20. The molecule has 0 atom stereocenters. The summed E-state index contributed by atoms with van der Waals surface area (Å²) >= 11 is 0. The second-order valence-electron chi connectivity index (χ2n) is 6.74. The van der Waals surface area contributed by atoms with Gasteiger partial charge in [0.25, 0.3) is 5.91 Å². The molecule has 146 valence electrons. The predicted molar refractivity (Wildman–Crippen MR) is 97.5 cm³/mol. The molecule has 0 aliphatic rings.